The first kappa shape index (κ1) is 9.32. The Morgan fingerprint density at radius 1 is 1.38 bits per heavy atom. The molecule has 0 bridgehead atoms. The van der Waals surface area contributed by atoms with Crippen LogP contribution < -0.4 is 0 Å². The van der Waals surface area contributed by atoms with Crippen LogP contribution in [0.15, 0.2) is 30.5 Å². The van der Waals surface area contributed by atoms with E-state index in [-0.39, 0.29) is 5.56 Å². The van der Waals surface area contributed by atoms with E-state index >= 15 is 0 Å². The van der Waals surface area contributed by atoms with Crippen LogP contribution in [0, 0.1) is 0 Å². The molecule has 0 spiro atoms. The second-order valence-electron chi connectivity index (χ2n) is 2.47. The normalized spacial score (nSPS) is 10.2. The van der Waals surface area contributed by atoms with Crippen molar-refractivity contribution in [2.24, 2.45) is 0 Å². The molecule has 0 unspecified atom stereocenters. The number of rotatable bonds is 3. The van der Waals surface area contributed by atoms with Gasteiger partial charge >= 0.3 is 5.97 Å². The highest BCUT2D eigenvalue weighted by Gasteiger charge is 1.99. The summed E-state index contributed by atoms with van der Waals surface area (Å²) in [7, 11) is 1.56. The standard InChI is InChI=1S/C10H10O3/c1-13-7-6-8-2-4-9(5-3-8)10(11)12/h2-7H,1H3,(H,11,12)/b7-6+. The van der Waals surface area contributed by atoms with E-state index in [1.165, 1.54) is 6.26 Å². The van der Waals surface area contributed by atoms with E-state index in [1.54, 1.807) is 37.5 Å². The molecular weight excluding hydrogens is 168 g/mol. The maximum atomic E-state index is 10.5. The van der Waals surface area contributed by atoms with E-state index in [1.807, 2.05) is 0 Å². The van der Waals surface area contributed by atoms with Crippen LogP contribution in [0.3, 0.4) is 0 Å². The SMILES string of the molecule is CO/C=C/c1ccc(C(=O)O)cc1. The Morgan fingerprint density at radius 2 is 2.00 bits per heavy atom. The number of carbonyl (C=O) groups is 1. The molecule has 0 saturated heterocycles. The molecule has 0 atom stereocenters. The number of aromatic carboxylic acids is 1. The van der Waals surface area contributed by atoms with Gasteiger partial charge in [-0.05, 0) is 23.8 Å². The fraction of sp³-hybridized carbons (Fsp3) is 0.100. The first-order valence-electron chi connectivity index (χ1n) is 3.77. The molecule has 0 heterocycles. The number of methoxy groups -OCH3 is 1. The van der Waals surface area contributed by atoms with Crippen molar-refractivity contribution in [1.82, 2.24) is 0 Å². The Morgan fingerprint density at radius 3 is 2.46 bits per heavy atom. The van der Waals surface area contributed by atoms with Crippen molar-refractivity contribution in [2.45, 2.75) is 0 Å². The van der Waals surface area contributed by atoms with Crippen molar-refractivity contribution in [2.75, 3.05) is 7.11 Å². The minimum absolute atomic E-state index is 0.287. The maximum Gasteiger partial charge on any atom is 0.335 e. The molecule has 3 nitrogen and oxygen atoms in total. The van der Waals surface area contributed by atoms with Gasteiger partial charge in [0.15, 0.2) is 0 Å². The predicted octanol–water partition coefficient (Wildman–Crippen LogP) is 2.00. The molecule has 0 aliphatic heterocycles. The largest absolute Gasteiger partial charge is 0.504 e. The number of hydrogen-bond acceptors (Lipinski definition) is 2. The third-order valence-electron chi connectivity index (χ3n) is 1.55. The molecule has 1 N–H and O–H groups in total. The summed E-state index contributed by atoms with van der Waals surface area (Å²) in [5.41, 5.74) is 1.20. The van der Waals surface area contributed by atoms with Gasteiger partial charge in [0, 0.05) is 0 Å². The zero-order valence-corrected chi connectivity index (χ0v) is 7.23. The Balaban J connectivity index is 2.81. The fourth-order valence-corrected chi connectivity index (χ4v) is 0.883. The third kappa shape index (κ3) is 2.63. The highest BCUT2D eigenvalue weighted by atomic mass is 16.5. The van der Waals surface area contributed by atoms with E-state index in [9.17, 15) is 4.79 Å². The van der Waals surface area contributed by atoms with E-state index in [0.29, 0.717) is 0 Å². The van der Waals surface area contributed by atoms with E-state index < -0.39 is 5.97 Å². The maximum absolute atomic E-state index is 10.5. The summed E-state index contributed by atoms with van der Waals surface area (Å²) in [4.78, 5) is 10.5. The van der Waals surface area contributed by atoms with Crippen LogP contribution in [0.2, 0.25) is 0 Å². The van der Waals surface area contributed by atoms with Crippen molar-refractivity contribution < 1.29 is 14.6 Å². The predicted molar refractivity (Wildman–Crippen MR) is 49.4 cm³/mol. The zero-order chi connectivity index (χ0) is 9.68. The molecule has 68 valence electrons. The summed E-state index contributed by atoms with van der Waals surface area (Å²) in [5, 5.41) is 8.61. The molecule has 0 aliphatic carbocycles. The van der Waals surface area contributed by atoms with Crippen molar-refractivity contribution in [1.29, 1.82) is 0 Å². The van der Waals surface area contributed by atoms with Crippen LogP contribution in [0.4, 0.5) is 0 Å². The second kappa shape index (κ2) is 4.30. The molecular formula is C10H10O3. The Labute approximate surface area is 76.3 Å². The van der Waals surface area contributed by atoms with Gasteiger partial charge in [0.25, 0.3) is 0 Å². The molecule has 0 saturated carbocycles. The van der Waals surface area contributed by atoms with Crippen molar-refractivity contribution in [3.63, 3.8) is 0 Å². The topological polar surface area (TPSA) is 46.5 Å². The minimum Gasteiger partial charge on any atom is -0.504 e. The van der Waals surface area contributed by atoms with Crippen LogP contribution >= 0.6 is 0 Å². The van der Waals surface area contributed by atoms with Crippen LogP contribution in [0.1, 0.15) is 15.9 Å². The highest BCUT2D eigenvalue weighted by Crippen LogP contribution is 2.05. The van der Waals surface area contributed by atoms with Crippen molar-refractivity contribution in [3.05, 3.63) is 41.7 Å². The van der Waals surface area contributed by atoms with E-state index in [4.69, 9.17) is 9.84 Å². The molecule has 0 amide bonds. The van der Waals surface area contributed by atoms with Gasteiger partial charge in [0.1, 0.15) is 0 Å². The lowest BCUT2D eigenvalue weighted by molar-refractivity contribution is 0.0697. The summed E-state index contributed by atoms with van der Waals surface area (Å²) < 4.78 is 4.73. The monoisotopic (exact) mass is 178 g/mol. The lowest BCUT2D eigenvalue weighted by Crippen LogP contribution is -1.94. The lowest BCUT2D eigenvalue weighted by Gasteiger charge is -1.95. The Hall–Kier alpha value is -1.77. The highest BCUT2D eigenvalue weighted by molar-refractivity contribution is 5.87. The first-order valence-corrected chi connectivity index (χ1v) is 3.77. The number of hydrogen-bond donors (Lipinski definition) is 1. The number of carboxylic acids is 1. The van der Waals surface area contributed by atoms with Crippen LogP contribution in [0.5, 0.6) is 0 Å². The summed E-state index contributed by atoms with van der Waals surface area (Å²) in [6.07, 6.45) is 3.29. The molecule has 1 aromatic carbocycles. The number of ether oxygens (including phenoxy) is 1. The molecule has 1 rings (SSSR count). The summed E-state index contributed by atoms with van der Waals surface area (Å²) >= 11 is 0. The summed E-state index contributed by atoms with van der Waals surface area (Å²) in [6.45, 7) is 0. The molecule has 0 fully saturated rings. The lowest BCUT2D eigenvalue weighted by atomic mass is 10.1. The summed E-state index contributed by atoms with van der Waals surface area (Å²) in [5.74, 6) is -0.915. The van der Waals surface area contributed by atoms with Crippen LogP contribution in [-0.2, 0) is 4.74 Å². The third-order valence-corrected chi connectivity index (χ3v) is 1.55. The molecule has 3 heteroatoms. The Bertz CT molecular complexity index is 311. The smallest absolute Gasteiger partial charge is 0.335 e. The quantitative estimate of drug-likeness (QED) is 0.720. The van der Waals surface area contributed by atoms with Crippen molar-refractivity contribution >= 4 is 12.0 Å². The average molecular weight is 178 g/mol. The van der Waals surface area contributed by atoms with Gasteiger partial charge in [0.2, 0.25) is 0 Å². The molecule has 13 heavy (non-hydrogen) atoms. The van der Waals surface area contributed by atoms with Gasteiger partial charge in [-0.1, -0.05) is 12.1 Å². The molecule has 0 aromatic heterocycles. The van der Waals surface area contributed by atoms with Crippen molar-refractivity contribution in [3.8, 4) is 0 Å². The number of carboxylic acid groups (broad SMARTS) is 1. The Kier molecular flexibility index (Phi) is 3.09. The summed E-state index contributed by atoms with van der Waals surface area (Å²) in [6, 6.07) is 6.55. The minimum atomic E-state index is -0.915. The van der Waals surface area contributed by atoms with Gasteiger partial charge in [-0.15, -0.1) is 0 Å². The van der Waals surface area contributed by atoms with Gasteiger partial charge in [-0.25, -0.2) is 4.79 Å². The molecule has 1 aromatic rings. The fourth-order valence-electron chi connectivity index (χ4n) is 0.883. The number of benzene rings is 1. The average Bonchev–Trinajstić information content (AvgIpc) is 2.15. The van der Waals surface area contributed by atoms with Crippen LogP contribution in [-0.4, -0.2) is 18.2 Å². The second-order valence-corrected chi connectivity index (χ2v) is 2.47. The van der Waals surface area contributed by atoms with E-state index in [2.05, 4.69) is 0 Å². The van der Waals surface area contributed by atoms with E-state index in [0.717, 1.165) is 5.56 Å². The first-order chi connectivity index (χ1) is 6.24. The van der Waals surface area contributed by atoms with Gasteiger partial charge in [-0.3, -0.25) is 0 Å². The van der Waals surface area contributed by atoms with Gasteiger partial charge in [0.05, 0.1) is 18.9 Å². The van der Waals surface area contributed by atoms with Gasteiger partial charge < -0.3 is 9.84 Å². The molecule has 0 aliphatic rings. The van der Waals surface area contributed by atoms with Crippen LogP contribution in [0.25, 0.3) is 6.08 Å². The molecule has 0 radical (unpaired) electrons. The zero-order valence-electron chi connectivity index (χ0n) is 7.23. The van der Waals surface area contributed by atoms with Gasteiger partial charge in [-0.2, -0.15) is 0 Å².